The first-order valence-corrected chi connectivity index (χ1v) is 15.3. The van der Waals surface area contributed by atoms with Crippen LogP contribution >= 0.6 is 23.2 Å². The fourth-order valence-electron chi connectivity index (χ4n) is 5.74. The van der Waals surface area contributed by atoms with Gasteiger partial charge in [-0.15, -0.1) is 5.53 Å². The van der Waals surface area contributed by atoms with Gasteiger partial charge in [-0.25, -0.2) is 0 Å². The molecule has 44 heavy (non-hydrogen) atoms. The van der Waals surface area contributed by atoms with Crippen LogP contribution in [0.3, 0.4) is 0 Å². The van der Waals surface area contributed by atoms with Gasteiger partial charge < -0.3 is 16.1 Å². The number of rotatable bonds is 7. The SMILES string of the molecule is CC(C)(C)N1CCC(N2C=C(C(Nc3cc(Cl)c4ncc(C#N)c(Nc5cncc(Cl)c5)c4c3)c3cccnc3)NN2)CC1. The van der Waals surface area contributed by atoms with Gasteiger partial charge in [0, 0.05) is 66.7 Å². The number of nitrogens with zero attached hydrogens (tertiary/aromatic N) is 6. The first-order chi connectivity index (χ1) is 21.2. The van der Waals surface area contributed by atoms with E-state index >= 15 is 0 Å². The minimum atomic E-state index is -0.273. The maximum atomic E-state index is 9.92. The van der Waals surface area contributed by atoms with E-state index in [1.807, 2.05) is 30.5 Å². The Balaban J connectivity index is 1.32. The van der Waals surface area contributed by atoms with E-state index in [-0.39, 0.29) is 11.6 Å². The zero-order valence-corrected chi connectivity index (χ0v) is 26.3. The molecule has 2 aliphatic heterocycles. The molecule has 1 unspecified atom stereocenters. The second-order valence-corrected chi connectivity index (χ2v) is 12.9. The molecule has 10 nitrogen and oxygen atoms in total. The summed E-state index contributed by atoms with van der Waals surface area (Å²) in [5.41, 5.74) is 11.8. The lowest BCUT2D eigenvalue weighted by atomic mass is 9.98. The Morgan fingerprint density at radius 2 is 1.86 bits per heavy atom. The Morgan fingerprint density at radius 1 is 1.05 bits per heavy atom. The standard InChI is InChI=1S/C32H34Cl2N10/c1-32(2,3)43-9-6-25(7-10-43)44-19-28(41-42-44)30(20-5-4-8-36-15-20)39-23-12-26-29(40-24-11-22(33)17-37-18-24)21(14-35)16-38-31(26)27(34)13-23/h4-5,8,11-13,15-19,25,30,39,41-42H,6-7,9-10H2,1-3H3,(H,38,40). The van der Waals surface area contributed by atoms with Crippen molar-refractivity contribution in [2.24, 2.45) is 0 Å². The monoisotopic (exact) mass is 628 g/mol. The number of aromatic nitrogens is 3. The third kappa shape index (κ3) is 6.37. The van der Waals surface area contributed by atoms with Crippen molar-refractivity contribution in [3.8, 4) is 6.07 Å². The summed E-state index contributed by atoms with van der Waals surface area (Å²) in [5.74, 6) is 0. The minimum absolute atomic E-state index is 0.170. The molecular formula is C32H34Cl2N10. The molecule has 12 heteroatoms. The second-order valence-electron chi connectivity index (χ2n) is 12.0. The van der Waals surface area contributed by atoms with Crippen LogP contribution in [0.25, 0.3) is 10.9 Å². The highest BCUT2D eigenvalue weighted by Gasteiger charge is 2.32. The molecule has 1 fully saturated rings. The predicted molar refractivity (Wildman–Crippen MR) is 175 cm³/mol. The highest BCUT2D eigenvalue weighted by atomic mass is 35.5. The lowest BCUT2D eigenvalue weighted by Gasteiger charge is -2.42. The molecule has 0 bridgehead atoms. The lowest BCUT2D eigenvalue weighted by Crippen LogP contribution is -2.52. The number of pyridine rings is 3. The van der Waals surface area contributed by atoms with Crippen molar-refractivity contribution in [1.29, 1.82) is 5.26 Å². The van der Waals surface area contributed by atoms with Gasteiger partial charge in [-0.05, 0) is 63.4 Å². The van der Waals surface area contributed by atoms with Crippen molar-refractivity contribution in [3.05, 3.63) is 94.4 Å². The number of anilines is 3. The lowest BCUT2D eigenvalue weighted by molar-refractivity contribution is 0.0570. The van der Waals surface area contributed by atoms with Gasteiger partial charge in [-0.2, -0.15) is 5.26 Å². The number of halogens is 2. The third-order valence-electron chi connectivity index (χ3n) is 8.07. The first-order valence-electron chi connectivity index (χ1n) is 14.5. The summed E-state index contributed by atoms with van der Waals surface area (Å²) in [5, 5.41) is 20.7. The minimum Gasteiger partial charge on any atom is -0.373 e. The van der Waals surface area contributed by atoms with Crippen LogP contribution in [0, 0.1) is 11.3 Å². The van der Waals surface area contributed by atoms with Gasteiger partial charge in [0.05, 0.1) is 50.4 Å². The number of likely N-dealkylation sites (tertiary alicyclic amines) is 1. The van der Waals surface area contributed by atoms with Crippen LogP contribution in [0.1, 0.15) is 50.8 Å². The Labute approximate surface area is 267 Å². The topological polar surface area (TPSA) is 117 Å². The number of hydrogen-bond acceptors (Lipinski definition) is 10. The molecule has 0 aliphatic carbocycles. The molecule has 0 radical (unpaired) electrons. The van der Waals surface area contributed by atoms with Gasteiger partial charge in [0.1, 0.15) is 6.07 Å². The van der Waals surface area contributed by atoms with Gasteiger partial charge >= 0.3 is 0 Å². The largest absolute Gasteiger partial charge is 0.373 e. The molecule has 226 valence electrons. The summed E-state index contributed by atoms with van der Waals surface area (Å²) < 4.78 is 0. The van der Waals surface area contributed by atoms with Crippen molar-refractivity contribution in [2.45, 2.75) is 51.2 Å². The van der Waals surface area contributed by atoms with E-state index in [0.29, 0.717) is 43.9 Å². The van der Waals surface area contributed by atoms with Gasteiger partial charge in [0.2, 0.25) is 0 Å². The summed E-state index contributed by atoms with van der Waals surface area (Å²) in [6.45, 7) is 8.92. The fourth-order valence-corrected chi connectivity index (χ4v) is 6.18. The molecule has 2 aliphatic rings. The quantitative estimate of drug-likeness (QED) is 0.180. The number of nitriles is 1. The molecule has 0 saturated carbocycles. The van der Waals surface area contributed by atoms with E-state index in [1.165, 1.54) is 6.20 Å². The Bertz CT molecular complexity index is 1720. The van der Waals surface area contributed by atoms with Crippen LogP contribution in [-0.2, 0) is 0 Å². The summed E-state index contributed by atoms with van der Waals surface area (Å²) >= 11 is 13.0. The van der Waals surface area contributed by atoms with Crippen LogP contribution < -0.4 is 21.6 Å². The van der Waals surface area contributed by atoms with E-state index in [9.17, 15) is 5.26 Å². The molecule has 6 rings (SSSR count). The van der Waals surface area contributed by atoms with Crippen LogP contribution in [0.15, 0.2) is 73.2 Å². The van der Waals surface area contributed by atoms with Crippen molar-refractivity contribution in [2.75, 3.05) is 23.7 Å². The zero-order valence-electron chi connectivity index (χ0n) is 24.8. The smallest absolute Gasteiger partial charge is 0.103 e. The average molecular weight is 630 g/mol. The maximum Gasteiger partial charge on any atom is 0.103 e. The summed E-state index contributed by atoms with van der Waals surface area (Å²) in [6, 6.07) is 11.8. The second kappa shape index (κ2) is 12.5. The molecule has 3 aromatic heterocycles. The molecule has 1 atom stereocenters. The van der Waals surface area contributed by atoms with E-state index < -0.39 is 0 Å². The van der Waals surface area contributed by atoms with E-state index in [1.54, 1.807) is 24.7 Å². The third-order valence-corrected chi connectivity index (χ3v) is 8.57. The first kappa shape index (κ1) is 29.9. The molecule has 4 N–H and O–H groups in total. The Morgan fingerprint density at radius 3 is 2.57 bits per heavy atom. The molecule has 0 spiro atoms. The highest BCUT2D eigenvalue weighted by Crippen LogP contribution is 2.37. The van der Waals surface area contributed by atoms with Crippen molar-refractivity contribution >= 4 is 51.2 Å². The predicted octanol–water partition coefficient (Wildman–Crippen LogP) is 6.53. The zero-order chi connectivity index (χ0) is 30.8. The Hall–Kier alpha value is -4.14. The number of benzene rings is 1. The molecule has 1 aromatic carbocycles. The van der Waals surface area contributed by atoms with Crippen molar-refractivity contribution < 1.29 is 0 Å². The van der Waals surface area contributed by atoms with Crippen LogP contribution in [0.4, 0.5) is 17.1 Å². The number of nitrogens with one attached hydrogen (secondary N) is 4. The molecule has 1 saturated heterocycles. The van der Waals surface area contributed by atoms with E-state index in [4.69, 9.17) is 23.2 Å². The maximum absolute atomic E-state index is 9.92. The summed E-state index contributed by atoms with van der Waals surface area (Å²) in [6.07, 6.45) is 12.6. The van der Waals surface area contributed by atoms with Gasteiger partial charge in [-0.1, -0.05) is 29.3 Å². The van der Waals surface area contributed by atoms with E-state index in [0.717, 1.165) is 42.9 Å². The normalized spacial score (nSPS) is 16.7. The van der Waals surface area contributed by atoms with Crippen LogP contribution in [0.5, 0.6) is 0 Å². The fraction of sp³-hybridized carbons (Fsp3) is 0.312. The Kier molecular flexibility index (Phi) is 8.47. The number of hydrogen-bond donors (Lipinski definition) is 4. The van der Waals surface area contributed by atoms with Gasteiger partial charge in [0.15, 0.2) is 0 Å². The number of piperidine rings is 1. The number of hydrazine groups is 2. The average Bonchev–Trinajstić information content (AvgIpc) is 3.50. The number of fused-ring (bicyclic) bond motifs is 1. The molecule has 5 heterocycles. The van der Waals surface area contributed by atoms with Gasteiger partial charge in [-0.3, -0.25) is 24.9 Å². The van der Waals surface area contributed by atoms with Crippen molar-refractivity contribution in [1.82, 2.24) is 35.8 Å². The van der Waals surface area contributed by atoms with Gasteiger partial charge in [0.25, 0.3) is 0 Å². The summed E-state index contributed by atoms with van der Waals surface area (Å²) in [7, 11) is 0. The molecule has 0 amide bonds. The highest BCUT2D eigenvalue weighted by molar-refractivity contribution is 6.36. The summed E-state index contributed by atoms with van der Waals surface area (Å²) in [4.78, 5) is 15.6. The molecular weight excluding hydrogens is 595 g/mol. The molecule has 4 aromatic rings. The van der Waals surface area contributed by atoms with Crippen molar-refractivity contribution in [3.63, 3.8) is 0 Å². The van der Waals surface area contributed by atoms with Crippen LogP contribution in [-0.4, -0.2) is 49.5 Å². The van der Waals surface area contributed by atoms with E-state index in [2.05, 4.69) is 79.5 Å². The van der Waals surface area contributed by atoms with Crippen LogP contribution in [0.2, 0.25) is 10.0 Å².